The fourth-order valence-corrected chi connectivity index (χ4v) is 5.17. The van der Waals surface area contributed by atoms with Gasteiger partial charge in [0.05, 0.1) is 4.75 Å². The summed E-state index contributed by atoms with van der Waals surface area (Å²) in [7, 11) is 0. The summed E-state index contributed by atoms with van der Waals surface area (Å²) in [6.45, 7) is 1.52. The summed E-state index contributed by atoms with van der Waals surface area (Å²) in [4.78, 5) is 24.3. The van der Waals surface area contributed by atoms with Gasteiger partial charge in [-0.15, -0.1) is 11.8 Å². The van der Waals surface area contributed by atoms with Crippen molar-refractivity contribution in [3.05, 3.63) is 108 Å². The van der Waals surface area contributed by atoms with Crippen LogP contribution in [0.5, 0.6) is 0 Å². The number of carbonyl (C=O) groups is 2. The second kappa shape index (κ2) is 8.76. The monoisotopic (exact) mass is 418 g/mol. The summed E-state index contributed by atoms with van der Waals surface area (Å²) in [6.07, 6.45) is -1.80. The van der Waals surface area contributed by atoms with Gasteiger partial charge in [0.2, 0.25) is 6.10 Å². The predicted molar refractivity (Wildman–Crippen MR) is 117 cm³/mol. The fraction of sp³-hybridized carbons (Fsp3) is 0.200. The van der Waals surface area contributed by atoms with E-state index in [0.717, 1.165) is 16.7 Å². The molecule has 0 aliphatic carbocycles. The summed E-state index contributed by atoms with van der Waals surface area (Å²) in [5.74, 6) is -0.738. The van der Waals surface area contributed by atoms with Gasteiger partial charge in [0.25, 0.3) is 0 Å². The van der Waals surface area contributed by atoms with E-state index in [4.69, 9.17) is 9.47 Å². The summed E-state index contributed by atoms with van der Waals surface area (Å²) in [5.41, 5.74) is 3.24. The minimum Gasteiger partial charge on any atom is -0.448 e. The second-order valence-corrected chi connectivity index (χ2v) is 8.33. The van der Waals surface area contributed by atoms with E-state index in [1.54, 1.807) is 11.8 Å². The molecule has 1 fully saturated rings. The minimum atomic E-state index is -0.936. The zero-order chi connectivity index (χ0) is 21.0. The smallest absolute Gasteiger partial charge is 0.349 e. The molecule has 0 aromatic heterocycles. The molecular weight excluding hydrogens is 396 g/mol. The van der Waals surface area contributed by atoms with Gasteiger partial charge in [-0.25, -0.2) is 9.59 Å². The van der Waals surface area contributed by atoms with E-state index in [2.05, 4.69) is 36.4 Å². The van der Waals surface area contributed by atoms with E-state index in [1.165, 1.54) is 6.92 Å². The van der Waals surface area contributed by atoms with Gasteiger partial charge in [-0.1, -0.05) is 91.0 Å². The number of carbonyl (C=O) groups excluding carboxylic acids is 2. The molecule has 3 aromatic rings. The first kappa shape index (κ1) is 20.2. The van der Waals surface area contributed by atoms with Gasteiger partial charge in [0, 0.05) is 5.75 Å². The largest absolute Gasteiger partial charge is 0.448 e. The highest BCUT2D eigenvalue weighted by Crippen LogP contribution is 2.48. The average molecular weight is 419 g/mol. The number of benzene rings is 3. The highest BCUT2D eigenvalue weighted by Gasteiger charge is 2.41. The number of cyclic esters (lactones) is 2. The number of thioether (sulfide) groups is 1. The van der Waals surface area contributed by atoms with Gasteiger partial charge in [-0.2, -0.15) is 0 Å². The molecule has 1 heterocycles. The van der Waals surface area contributed by atoms with Crippen LogP contribution in [-0.2, 0) is 23.8 Å². The van der Waals surface area contributed by atoms with E-state index in [1.807, 2.05) is 54.6 Å². The molecule has 2 unspecified atom stereocenters. The topological polar surface area (TPSA) is 52.6 Å². The molecule has 0 N–H and O–H groups in total. The Morgan fingerprint density at radius 1 is 0.700 bits per heavy atom. The van der Waals surface area contributed by atoms with E-state index in [-0.39, 0.29) is 5.75 Å². The number of rotatable bonds is 6. The Hall–Kier alpha value is -3.05. The number of hydrogen-bond donors (Lipinski definition) is 0. The summed E-state index contributed by atoms with van der Waals surface area (Å²) in [6, 6.07) is 30.5. The van der Waals surface area contributed by atoms with Crippen molar-refractivity contribution in [2.24, 2.45) is 0 Å². The van der Waals surface area contributed by atoms with Gasteiger partial charge in [0.15, 0.2) is 6.10 Å². The van der Waals surface area contributed by atoms with E-state index >= 15 is 0 Å². The van der Waals surface area contributed by atoms with Crippen LogP contribution >= 0.6 is 11.8 Å². The maximum atomic E-state index is 12.4. The van der Waals surface area contributed by atoms with E-state index in [0.29, 0.717) is 0 Å². The van der Waals surface area contributed by atoms with Gasteiger partial charge in [0.1, 0.15) is 0 Å². The highest BCUT2D eigenvalue weighted by molar-refractivity contribution is 8.00. The quantitative estimate of drug-likeness (QED) is 0.434. The van der Waals surface area contributed by atoms with Crippen molar-refractivity contribution >= 4 is 23.7 Å². The van der Waals surface area contributed by atoms with E-state index < -0.39 is 28.9 Å². The first-order valence-corrected chi connectivity index (χ1v) is 10.8. The van der Waals surface area contributed by atoms with Crippen molar-refractivity contribution in [2.45, 2.75) is 23.9 Å². The summed E-state index contributed by atoms with van der Waals surface area (Å²) >= 11 is 1.56. The molecule has 0 bridgehead atoms. The van der Waals surface area contributed by atoms with Crippen LogP contribution in [0.25, 0.3) is 0 Å². The summed E-state index contributed by atoms with van der Waals surface area (Å²) in [5, 5.41) is 0. The standard InChI is InChI=1S/C25H22O4S/c1-18-23(26)29-22(24(27)28-18)17-30-25(19-11-5-2-6-12-19,20-13-7-3-8-14-20)21-15-9-4-10-16-21/h2-16,18,22H,17H2,1H3. The van der Waals surface area contributed by atoms with Crippen molar-refractivity contribution in [3.63, 3.8) is 0 Å². The molecule has 2 atom stereocenters. The highest BCUT2D eigenvalue weighted by atomic mass is 32.2. The molecule has 1 saturated heterocycles. The normalized spacial score (nSPS) is 19.1. The lowest BCUT2D eigenvalue weighted by atomic mass is 9.84. The zero-order valence-corrected chi connectivity index (χ0v) is 17.4. The molecule has 0 radical (unpaired) electrons. The maximum Gasteiger partial charge on any atom is 0.349 e. The van der Waals surface area contributed by atoms with Crippen molar-refractivity contribution in [2.75, 3.05) is 5.75 Å². The fourth-order valence-electron chi connectivity index (χ4n) is 3.65. The summed E-state index contributed by atoms with van der Waals surface area (Å²) < 4.78 is 9.96. The zero-order valence-electron chi connectivity index (χ0n) is 16.6. The lowest BCUT2D eigenvalue weighted by Crippen LogP contribution is -2.44. The molecule has 152 valence electrons. The van der Waals surface area contributed by atoms with Crippen LogP contribution in [-0.4, -0.2) is 29.9 Å². The van der Waals surface area contributed by atoms with Crippen molar-refractivity contribution < 1.29 is 19.1 Å². The first-order valence-electron chi connectivity index (χ1n) is 9.83. The van der Waals surface area contributed by atoms with Crippen molar-refractivity contribution in [3.8, 4) is 0 Å². The van der Waals surface area contributed by atoms with Crippen LogP contribution in [0.4, 0.5) is 0 Å². The second-order valence-electron chi connectivity index (χ2n) is 7.09. The molecule has 0 spiro atoms. The number of ether oxygens (including phenoxy) is 2. The molecular formula is C25H22O4S. The van der Waals surface area contributed by atoms with Gasteiger partial charge in [-0.05, 0) is 23.6 Å². The third kappa shape index (κ3) is 3.85. The molecule has 30 heavy (non-hydrogen) atoms. The van der Waals surface area contributed by atoms with E-state index in [9.17, 15) is 9.59 Å². The Balaban J connectivity index is 1.79. The SMILES string of the molecule is CC1OC(=O)C(CSC(c2ccccc2)(c2ccccc2)c2ccccc2)OC1=O. The first-order chi connectivity index (χ1) is 14.6. The minimum absolute atomic E-state index is 0.274. The average Bonchev–Trinajstić information content (AvgIpc) is 2.80. The van der Waals surface area contributed by atoms with Crippen LogP contribution in [0, 0.1) is 0 Å². The van der Waals surface area contributed by atoms with Crippen LogP contribution in [0.2, 0.25) is 0 Å². The molecule has 0 amide bonds. The molecule has 0 saturated carbocycles. The van der Waals surface area contributed by atoms with Crippen molar-refractivity contribution in [1.29, 1.82) is 0 Å². The van der Waals surface area contributed by atoms with Gasteiger partial charge in [-0.3, -0.25) is 0 Å². The van der Waals surface area contributed by atoms with Crippen molar-refractivity contribution in [1.82, 2.24) is 0 Å². The molecule has 4 rings (SSSR count). The van der Waals surface area contributed by atoms with Crippen LogP contribution in [0.3, 0.4) is 0 Å². The maximum absolute atomic E-state index is 12.4. The van der Waals surface area contributed by atoms with Crippen LogP contribution in [0.15, 0.2) is 91.0 Å². The third-order valence-corrected chi connectivity index (χ3v) is 6.75. The molecule has 5 heteroatoms. The Morgan fingerprint density at radius 3 is 1.57 bits per heavy atom. The Labute approximate surface area is 180 Å². The van der Waals surface area contributed by atoms with Gasteiger partial charge >= 0.3 is 11.9 Å². The Morgan fingerprint density at radius 2 is 1.13 bits per heavy atom. The van der Waals surface area contributed by atoms with Gasteiger partial charge < -0.3 is 9.47 Å². The molecule has 1 aliphatic rings. The lowest BCUT2D eigenvalue weighted by molar-refractivity contribution is -0.191. The lowest BCUT2D eigenvalue weighted by Gasteiger charge is -2.36. The Kier molecular flexibility index (Phi) is 5.91. The number of hydrogen-bond acceptors (Lipinski definition) is 5. The molecule has 1 aliphatic heterocycles. The molecule has 3 aromatic carbocycles. The predicted octanol–water partition coefficient (Wildman–Crippen LogP) is 4.57. The Bertz CT molecular complexity index is 908. The number of esters is 2. The molecule has 4 nitrogen and oxygen atoms in total. The third-order valence-electron chi connectivity index (χ3n) is 5.14. The van der Waals surface area contributed by atoms with Crippen LogP contribution in [0.1, 0.15) is 23.6 Å². The van der Waals surface area contributed by atoms with Crippen LogP contribution < -0.4 is 0 Å².